The summed E-state index contributed by atoms with van der Waals surface area (Å²) in [6.07, 6.45) is 8.39. The number of nitrogens with one attached hydrogen (secondary N) is 2. The fraction of sp³-hybridized carbons (Fsp3) is 0.455. The molecule has 4 rings (SSSR count). The summed E-state index contributed by atoms with van der Waals surface area (Å²) in [5, 5.41) is 25.3. The predicted octanol–water partition coefficient (Wildman–Crippen LogP) is 3.35. The lowest BCUT2D eigenvalue weighted by molar-refractivity contribution is 0.249. The zero-order valence-electron chi connectivity index (χ0n) is 16.6. The monoisotopic (exact) mass is 381 g/mol. The predicted molar refractivity (Wildman–Crippen MR) is 111 cm³/mol. The summed E-state index contributed by atoms with van der Waals surface area (Å²) in [5.74, 6) is 0.355. The maximum atomic E-state index is 9.43. The van der Waals surface area contributed by atoms with Crippen LogP contribution in [0.15, 0.2) is 42.6 Å². The minimum Gasteiger partial charge on any atom is -0.506 e. The molecular weight excluding hydrogens is 350 g/mol. The molecule has 1 aromatic carbocycles. The normalized spacial score (nSPS) is 21.3. The Morgan fingerprint density at radius 3 is 2.64 bits per heavy atom. The maximum Gasteiger partial charge on any atom is 0.204 e. The first-order chi connectivity index (χ1) is 13.5. The van der Waals surface area contributed by atoms with E-state index in [-0.39, 0.29) is 17.2 Å². The molecule has 1 aliphatic carbocycles. The standard InChI is InChI=1S/C12H18N4O.C10H13N/c1-9-4-2-3-7-15(9)12(14)16-8-10(17)5-6-11(16)13;11-10-7-3-5-8-4-1-2-6-9(8)10/h5-6,8-9,13-14,17H,2-4,7H2,1H3;1-2,4,6,10H,3,5,7,11H2/t9-;/m0./s1. The molecule has 0 radical (unpaired) electrons. The van der Waals surface area contributed by atoms with Gasteiger partial charge in [-0.05, 0) is 68.7 Å². The minimum atomic E-state index is 0.0791. The van der Waals surface area contributed by atoms with E-state index < -0.39 is 0 Å². The summed E-state index contributed by atoms with van der Waals surface area (Å²) < 4.78 is 1.41. The lowest BCUT2D eigenvalue weighted by Crippen LogP contribution is -2.47. The summed E-state index contributed by atoms with van der Waals surface area (Å²) in [6, 6.07) is 12.1. The van der Waals surface area contributed by atoms with E-state index in [0.29, 0.717) is 12.1 Å². The molecule has 1 fully saturated rings. The van der Waals surface area contributed by atoms with Crippen LogP contribution in [0.2, 0.25) is 0 Å². The van der Waals surface area contributed by atoms with Crippen molar-refractivity contribution in [2.24, 2.45) is 5.73 Å². The van der Waals surface area contributed by atoms with Gasteiger partial charge in [0, 0.05) is 18.6 Å². The number of aromatic nitrogens is 1. The van der Waals surface area contributed by atoms with E-state index in [1.165, 1.54) is 53.3 Å². The van der Waals surface area contributed by atoms with Crippen LogP contribution < -0.4 is 11.2 Å². The number of likely N-dealkylation sites (tertiary alicyclic amines) is 1. The highest BCUT2D eigenvalue weighted by Crippen LogP contribution is 2.27. The number of benzene rings is 1. The number of rotatable bonds is 0. The highest BCUT2D eigenvalue weighted by molar-refractivity contribution is 5.79. The molecule has 2 aliphatic rings. The van der Waals surface area contributed by atoms with Crippen molar-refractivity contribution in [2.75, 3.05) is 6.54 Å². The van der Waals surface area contributed by atoms with E-state index in [0.717, 1.165) is 25.8 Å². The SMILES string of the molecule is C[C@H]1CCCCN1C(=N)n1cc(O)ccc1=N.NC1CCCc2ccccc21. The second-order valence-electron chi connectivity index (χ2n) is 7.70. The number of pyridine rings is 1. The molecule has 0 amide bonds. The quantitative estimate of drug-likeness (QED) is 0.416. The molecule has 1 aliphatic heterocycles. The van der Waals surface area contributed by atoms with Crippen LogP contribution in [-0.4, -0.2) is 33.1 Å². The number of piperidine rings is 1. The van der Waals surface area contributed by atoms with Crippen molar-refractivity contribution in [3.63, 3.8) is 0 Å². The van der Waals surface area contributed by atoms with E-state index in [9.17, 15) is 5.11 Å². The molecule has 0 bridgehead atoms. The number of nitrogens with zero attached hydrogens (tertiary/aromatic N) is 2. The van der Waals surface area contributed by atoms with Gasteiger partial charge in [-0.2, -0.15) is 0 Å². The van der Waals surface area contributed by atoms with Gasteiger partial charge in [0.1, 0.15) is 11.2 Å². The maximum absolute atomic E-state index is 9.43. The van der Waals surface area contributed by atoms with Crippen molar-refractivity contribution in [3.05, 3.63) is 59.2 Å². The summed E-state index contributed by atoms with van der Waals surface area (Å²) in [7, 11) is 0. The fourth-order valence-electron chi connectivity index (χ4n) is 4.01. The second-order valence-corrected chi connectivity index (χ2v) is 7.70. The van der Waals surface area contributed by atoms with E-state index >= 15 is 0 Å². The fourth-order valence-corrected chi connectivity index (χ4v) is 4.01. The summed E-state index contributed by atoms with van der Waals surface area (Å²) in [6.45, 7) is 2.95. The third-order valence-corrected chi connectivity index (χ3v) is 5.65. The molecule has 1 unspecified atom stereocenters. The number of hydrogen-bond acceptors (Lipinski definition) is 4. The first-order valence-corrected chi connectivity index (χ1v) is 10.1. The molecule has 0 saturated carbocycles. The van der Waals surface area contributed by atoms with Crippen molar-refractivity contribution >= 4 is 5.96 Å². The van der Waals surface area contributed by atoms with Crippen molar-refractivity contribution in [3.8, 4) is 5.75 Å². The molecular formula is C22H31N5O. The van der Waals surface area contributed by atoms with Gasteiger partial charge >= 0.3 is 0 Å². The van der Waals surface area contributed by atoms with Crippen LogP contribution in [0, 0.1) is 10.8 Å². The number of fused-ring (bicyclic) bond motifs is 1. The van der Waals surface area contributed by atoms with Crippen molar-refractivity contribution in [1.29, 1.82) is 10.8 Å². The largest absolute Gasteiger partial charge is 0.506 e. The van der Waals surface area contributed by atoms with Crippen LogP contribution in [0.4, 0.5) is 0 Å². The summed E-state index contributed by atoms with van der Waals surface area (Å²) in [5.41, 5.74) is 8.97. The third kappa shape index (κ3) is 4.62. The molecule has 6 nitrogen and oxygen atoms in total. The number of hydrogen-bond donors (Lipinski definition) is 4. The Kier molecular flexibility index (Phi) is 6.52. The third-order valence-electron chi connectivity index (χ3n) is 5.65. The van der Waals surface area contributed by atoms with Crippen LogP contribution in [0.1, 0.15) is 56.2 Å². The zero-order valence-corrected chi connectivity index (χ0v) is 16.6. The van der Waals surface area contributed by atoms with Gasteiger partial charge in [0.15, 0.2) is 0 Å². The van der Waals surface area contributed by atoms with Crippen LogP contribution in [-0.2, 0) is 6.42 Å². The molecule has 5 N–H and O–H groups in total. The minimum absolute atomic E-state index is 0.0791. The molecule has 2 atom stereocenters. The molecule has 2 heterocycles. The van der Waals surface area contributed by atoms with Crippen LogP contribution >= 0.6 is 0 Å². The number of aryl methyl sites for hydroxylation is 1. The highest BCUT2D eigenvalue weighted by Gasteiger charge is 2.22. The second kappa shape index (κ2) is 9.06. The molecule has 28 heavy (non-hydrogen) atoms. The Morgan fingerprint density at radius 1 is 1.11 bits per heavy atom. The van der Waals surface area contributed by atoms with Crippen LogP contribution in [0.3, 0.4) is 0 Å². The van der Waals surface area contributed by atoms with E-state index in [1.807, 2.05) is 4.90 Å². The van der Waals surface area contributed by atoms with E-state index in [1.54, 1.807) is 0 Å². The van der Waals surface area contributed by atoms with E-state index in [2.05, 4.69) is 31.2 Å². The number of aromatic hydroxyl groups is 1. The average Bonchev–Trinajstić information content (AvgIpc) is 2.71. The van der Waals surface area contributed by atoms with Gasteiger partial charge in [0.25, 0.3) is 0 Å². The van der Waals surface area contributed by atoms with Crippen molar-refractivity contribution < 1.29 is 5.11 Å². The van der Waals surface area contributed by atoms with Gasteiger partial charge in [-0.1, -0.05) is 24.3 Å². The van der Waals surface area contributed by atoms with Gasteiger partial charge in [-0.15, -0.1) is 0 Å². The van der Waals surface area contributed by atoms with Crippen molar-refractivity contribution in [1.82, 2.24) is 9.47 Å². The highest BCUT2D eigenvalue weighted by atomic mass is 16.3. The molecule has 1 aromatic heterocycles. The lowest BCUT2D eigenvalue weighted by Gasteiger charge is -2.35. The first-order valence-electron chi connectivity index (χ1n) is 10.1. The van der Waals surface area contributed by atoms with Gasteiger partial charge in [-0.3, -0.25) is 15.4 Å². The Labute approximate surface area is 166 Å². The van der Waals surface area contributed by atoms with Crippen molar-refractivity contribution in [2.45, 2.75) is 57.5 Å². The van der Waals surface area contributed by atoms with Gasteiger partial charge < -0.3 is 15.7 Å². The topological polar surface area (TPSA) is 102 Å². The van der Waals surface area contributed by atoms with Crippen LogP contribution in [0.25, 0.3) is 0 Å². The number of nitrogens with two attached hydrogens (primary N) is 1. The Hall–Kier alpha value is -2.60. The molecule has 0 spiro atoms. The lowest BCUT2D eigenvalue weighted by atomic mass is 9.88. The molecule has 1 saturated heterocycles. The first kappa shape index (κ1) is 20.1. The zero-order chi connectivity index (χ0) is 20.1. The smallest absolute Gasteiger partial charge is 0.204 e. The molecule has 150 valence electrons. The Morgan fingerprint density at radius 2 is 1.89 bits per heavy atom. The molecule has 6 heteroatoms. The van der Waals surface area contributed by atoms with Gasteiger partial charge in [-0.25, -0.2) is 0 Å². The van der Waals surface area contributed by atoms with Gasteiger partial charge in [0.05, 0.1) is 6.20 Å². The van der Waals surface area contributed by atoms with Gasteiger partial charge in [0.2, 0.25) is 5.96 Å². The summed E-state index contributed by atoms with van der Waals surface area (Å²) in [4.78, 5) is 1.99. The Bertz CT molecular complexity index is 875. The van der Waals surface area contributed by atoms with E-state index in [4.69, 9.17) is 16.6 Å². The van der Waals surface area contributed by atoms with Crippen LogP contribution in [0.5, 0.6) is 5.75 Å². The molecule has 2 aromatic rings. The average molecular weight is 382 g/mol. The Balaban J connectivity index is 0.000000176. The summed E-state index contributed by atoms with van der Waals surface area (Å²) >= 11 is 0.